The van der Waals surface area contributed by atoms with Crippen LogP contribution in [0.4, 0.5) is 11.4 Å². The number of hydrogen-bond acceptors (Lipinski definition) is 2. The summed E-state index contributed by atoms with van der Waals surface area (Å²) in [6.07, 6.45) is 1.42. The third-order valence-electron chi connectivity index (χ3n) is 4.21. The van der Waals surface area contributed by atoms with Crippen LogP contribution in [0.2, 0.25) is 5.02 Å². The fourth-order valence-electron chi connectivity index (χ4n) is 2.75. The highest BCUT2D eigenvalue weighted by Crippen LogP contribution is 2.40. The Morgan fingerprint density at radius 2 is 1.75 bits per heavy atom. The van der Waals surface area contributed by atoms with E-state index in [0.29, 0.717) is 17.1 Å². The summed E-state index contributed by atoms with van der Waals surface area (Å²) in [4.78, 5) is 24.6. The van der Waals surface area contributed by atoms with Gasteiger partial charge in [0, 0.05) is 16.4 Å². The molecule has 2 aromatic rings. The zero-order valence-corrected chi connectivity index (χ0v) is 14.1. The van der Waals surface area contributed by atoms with Crippen LogP contribution in [0.5, 0.6) is 0 Å². The van der Waals surface area contributed by atoms with Gasteiger partial charge in [0.05, 0.1) is 11.8 Å². The fourth-order valence-corrected chi connectivity index (χ4v) is 2.94. The monoisotopic (exact) mass is 342 g/mol. The SMILES string of the molecule is CCc1ccccc1NC(=O)C1CC1C(=O)Nc1cccc(Cl)c1. The Morgan fingerprint density at radius 1 is 1.04 bits per heavy atom. The van der Waals surface area contributed by atoms with Gasteiger partial charge in [-0.3, -0.25) is 9.59 Å². The molecule has 0 spiro atoms. The highest BCUT2D eigenvalue weighted by atomic mass is 35.5. The smallest absolute Gasteiger partial charge is 0.228 e. The largest absolute Gasteiger partial charge is 0.326 e. The van der Waals surface area contributed by atoms with Gasteiger partial charge >= 0.3 is 0 Å². The molecule has 24 heavy (non-hydrogen) atoms. The Balaban J connectivity index is 1.58. The van der Waals surface area contributed by atoms with Gasteiger partial charge in [-0.2, -0.15) is 0 Å². The van der Waals surface area contributed by atoms with Crippen LogP contribution in [0.3, 0.4) is 0 Å². The lowest BCUT2D eigenvalue weighted by atomic mass is 10.1. The molecule has 2 aromatic carbocycles. The van der Waals surface area contributed by atoms with E-state index < -0.39 is 0 Å². The van der Waals surface area contributed by atoms with Gasteiger partial charge in [-0.05, 0) is 42.7 Å². The number of rotatable bonds is 5. The number of halogens is 1. The van der Waals surface area contributed by atoms with Crippen LogP contribution in [0.15, 0.2) is 48.5 Å². The number of amides is 2. The van der Waals surface area contributed by atoms with Crippen molar-refractivity contribution in [3.8, 4) is 0 Å². The Bertz CT molecular complexity index is 775. The highest BCUT2D eigenvalue weighted by Gasteiger charge is 2.48. The molecular weight excluding hydrogens is 324 g/mol. The number of carbonyl (C=O) groups excluding carboxylic acids is 2. The number of carbonyl (C=O) groups is 2. The Hall–Kier alpha value is -2.33. The summed E-state index contributed by atoms with van der Waals surface area (Å²) in [7, 11) is 0. The zero-order valence-electron chi connectivity index (χ0n) is 13.4. The number of benzene rings is 2. The van der Waals surface area contributed by atoms with Crippen molar-refractivity contribution in [1.82, 2.24) is 0 Å². The van der Waals surface area contributed by atoms with Crippen LogP contribution in [0.25, 0.3) is 0 Å². The lowest BCUT2D eigenvalue weighted by Crippen LogP contribution is -2.21. The minimum absolute atomic E-state index is 0.0952. The van der Waals surface area contributed by atoms with E-state index in [1.165, 1.54) is 0 Å². The lowest BCUT2D eigenvalue weighted by Gasteiger charge is -2.09. The summed E-state index contributed by atoms with van der Waals surface area (Å²) in [5.74, 6) is -0.782. The topological polar surface area (TPSA) is 58.2 Å². The maximum Gasteiger partial charge on any atom is 0.228 e. The molecule has 0 radical (unpaired) electrons. The standard InChI is InChI=1S/C19H19ClN2O2/c1-2-12-6-3-4-9-17(12)22-19(24)16-11-15(16)18(23)21-14-8-5-7-13(20)10-14/h3-10,15-16H,2,11H2,1H3,(H,21,23)(H,22,24). The number of aryl methyl sites for hydroxylation is 1. The normalized spacial score (nSPS) is 18.8. The first kappa shape index (κ1) is 16.5. The highest BCUT2D eigenvalue weighted by molar-refractivity contribution is 6.30. The Kier molecular flexibility index (Phi) is 4.86. The quantitative estimate of drug-likeness (QED) is 0.858. The molecule has 2 N–H and O–H groups in total. The molecule has 0 bridgehead atoms. The number of anilines is 2. The van der Waals surface area contributed by atoms with Gasteiger partial charge in [0.2, 0.25) is 11.8 Å². The minimum Gasteiger partial charge on any atom is -0.326 e. The average Bonchev–Trinajstić information content (AvgIpc) is 3.36. The van der Waals surface area contributed by atoms with E-state index in [2.05, 4.69) is 10.6 Å². The van der Waals surface area contributed by atoms with Crippen LogP contribution in [0, 0.1) is 11.8 Å². The van der Waals surface area contributed by atoms with E-state index in [-0.39, 0.29) is 23.7 Å². The van der Waals surface area contributed by atoms with Crippen LogP contribution in [-0.4, -0.2) is 11.8 Å². The minimum atomic E-state index is -0.280. The van der Waals surface area contributed by atoms with Gasteiger partial charge in [0.25, 0.3) is 0 Å². The summed E-state index contributed by atoms with van der Waals surface area (Å²) in [5.41, 5.74) is 2.56. The average molecular weight is 343 g/mol. The third kappa shape index (κ3) is 3.77. The summed E-state index contributed by atoms with van der Waals surface area (Å²) < 4.78 is 0. The summed E-state index contributed by atoms with van der Waals surface area (Å²) in [6, 6.07) is 14.7. The molecule has 1 aliphatic rings. The Morgan fingerprint density at radius 3 is 2.46 bits per heavy atom. The van der Waals surface area contributed by atoms with Crippen LogP contribution in [0.1, 0.15) is 18.9 Å². The van der Waals surface area contributed by atoms with Crippen molar-refractivity contribution in [2.24, 2.45) is 11.8 Å². The lowest BCUT2D eigenvalue weighted by molar-refractivity contribution is -0.122. The van der Waals surface area contributed by atoms with Crippen LogP contribution < -0.4 is 10.6 Å². The van der Waals surface area contributed by atoms with Crippen molar-refractivity contribution in [2.75, 3.05) is 10.6 Å². The van der Waals surface area contributed by atoms with Gasteiger partial charge < -0.3 is 10.6 Å². The van der Waals surface area contributed by atoms with Gasteiger partial charge in [-0.25, -0.2) is 0 Å². The van der Waals surface area contributed by atoms with E-state index in [4.69, 9.17) is 11.6 Å². The molecule has 2 atom stereocenters. The molecular formula is C19H19ClN2O2. The molecule has 0 aromatic heterocycles. The van der Waals surface area contributed by atoms with E-state index >= 15 is 0 Å². The van der Waals surface area contributed by atoms with Crippen molar-refractivity contribution >= 4 is 34.8 Å². The van der Waals surface area contributed by atoms with E-state index in [1.807, 2.05) is 31.2 Å². The molecule has 0 heterocycles. The van der Waals surface area contributed by atoms with E-state index in [0.717, 1.165) is 17.7 Å². The summed E-state index contributed by atoms with van der Waals surface area (Å²) >= 11 is 5.91. The zero-order chi connectivity index (χ0) is 17.1. The van der Waals surface area contributed by atoms with Crippen molar-refractivity contribution in [2.45, 2.75) is 19.8 Å². The number of para-hydroxylation sites is 1. The molecule has 124 valence electrons. The van der Waals surface area contributed by atoms with Crippen molar-refractivity contribution in [3.05, 3.63) is 59.1 Å². The van der Waals surface area contributed by atoms with Gasteiger partial charge in [0.1, 0.15) is 0 Å². The maximum atomic E-state index is 12.4. The second kappa shape index (κ2) is 7.05. The third-order valence-corrected chi connectivity index (χ3v) is 4.45. The molecule has 0 aliphatic heterocycles. The van der Waals surface area contributed by atoms with Crippen molar-refractivity contribution in [1.29, 1.82) is 0 Å². The van der Waals surface area contributed by atoms with Crippen LogP contribution in [-0.2, 0) is 16.0 Å². The van der Waals surface area contributed by atoms with Gasteiger partial charge in [-0.1, -0.05) is 42.8 Å². The predicted molar refractivity (Wildman–Crippen MR) is 96.1 cm³/mol. The van der Waals surface area contributed by atoms with E-state index in [9.17, 15) is 9.59 Å². The molecule has 1 fully saturated rings. The second-order valence-electron chi connectivity index (χ2n) is 5.95. The van der Waals surface area contributed by atoms with E-state index in [1.54, 1.807) is 24.3 Å². The number of nitrogens with one attached hydrogen (secondary N) is 2. The van der Waals surface area contributed by atoms with Gasteiger partial charge in [0.15, 0.2) is 0 Å². The first-order chi connectivity index (χ1) is 11.6. The second-order valence-corrected chi connectivity index (χ2v) is 6.38. The van der Waals surface area contributed by atoms with Gasteiger partial charge in [-0.15, -0.1) is 0 Å². The Labute approximate surface area is 146 Å². The molecule has 3 rings (SSSR count). The maximum absolute atomic E-state index is 12.4. The molecule has 4 nitrogen and oxygen atoms in total. The molecule has 1 aliphatic carbocycles. The molecule has 0 saturated heterocycles. The number of hydrogen-bond donors (Lipinski definition) is 2. The summed E-state index contributed by atoms with van der Waals surface area (Å²) in [6.45, 7) is 2.04. The summed E-state index contributed by atoms with van der Waals surface area (Å²) in [5, 5.41) is 6.32. The van der Waals surface area contributed by atoms with Crippen LogP contribution >= 0.6 is 11.6 Å². The fraction of sp³-hybridized carbons (Fsp3) is 0.263. The van der Waals surface area contributed by atoms with Crippen molar-refractivity contribution in [3.63, 3.8) is 0 Å². The molecule has 2 amide bonds. The molecule has 1 saturated carbocycles. The molecule has 5 heteroatoms. The van der Waals surface area contributed by atoms with Crippen molar-refractivity contribution < 1.29 is 9.59 Å². The molecule has 2 unspecified atom stereocenters. The first-order valence-corrected chi connectivity index (χ1v) is 8.41. The first-order valence-electron chi connectivity index (χ1n) is 8.03. The predicted octanol–water partition coefficient (Wildman–Crippen LogP) is 4.12.